The summed E-state index contributed by atoms with van der Waals surface area (Å²) in [6.45, 7) is 6.86. The van der Waals surface area contributed by atoms with Gasteiger partial charge in [0.15, 0.2) is 0 Å². The summed E-state index contributed by atoms with van der Waals surface area (Å²) < 4.78 is 5.51. The van der Waals surface area contributed by atoms with Crippen molar-refractivity contribution in [3.63, 3.8) is 0 Å². The zero-order valence-electron chi connectivity index (χ0n) is 9.87. The Morgan fingerprint density at radius 2 is 2.13 bits per heavy atom. The first-order valence-corrected chi connectivity index (χ1v) is 6.31. The van der Waals surface area contributed by atoms with E-state index in [-0.39, 0.29) is 0 Å². The van der Waals surface area contributed by atoms with Crippen LogP contribution in [0.1, 0.15) is 19.3 Å². The van der Waals surface area contributed by atoms with Gasteiger partial charge in [0, 0.05) is 19.7 Å². The minimum atomic E-state index is 0.776. The summed E-state index contributed by atoms with van der Waals surface area (Å²) >= 11 is 0. The van der Waals surface area contributed by atoms with E-state index in [1.807, 2.05) is 0 Å². The van der Waals surface area contributed by atoms with Crippen LogP contribution in [0.2, 0.25) is 0 Å². The molecule has 2 rings (SSSR count). The monoisotopic (exact) mass is 212 g/mol. The van der Waals surface area contributed by atoms with E-state index in [1.54, 1.807) is 0 Å². The summed E-state index contributed by atoms with van der Waals surface area (Å²) in [5.41, 5.74) is 0. The summed E-state index contributed by atoms with van der Waals surface area (Å²) in [5, 5.41) is 3.43. The van der Waals surface area contributed by atoms with Crippen molar-refractivity contribution in [2.75, 3.05) is 46.4 Å². The van der Waals surface area contributed by atoms with Crippen molar-refractivity contribution in [3.05, 3.63) is 0 Å². The van der Waals surface area contributed by atoms with Gasteiger partial charge in [-0.15, -0.1) is 0 Å². The van der Waals surface area contributed by atoms with Crippen LogP contribution in [0, 0.1) is 11.8 Å². The van der Waals surface area contributed by atoms with Crippen LogP contribution in [0.4, 0.5) is 0 Å². The lowest BCUT2D eigenvalue weighted by Crippen LogP contribution is -2.34. The van der Waals surface area contributed by atoms with Gasteiger partial charge in [-0.05, 0) is 51.2 Å². The van der Waals surface area contributed by atoms with Gasteiger partial charge in [0.25, 0.3) is 0 Å². The Bertz CT molecular complexity index is 174. The quantitative estimate of drug-likeness (QED) is 0.751. The summed E-state index contributed by atoms with van der Waals surface area (Å²) in [7, 11) is 2.26. The van der Waals surface area contributed by atoms with E-state index in [9.17, 15) is 0 Å². The predicted molar refractivity (Wildman–Crippen MR) is 62.0 cm³/mol. The number of hydrogen-bond donors (Lipinski definition) is 1. The maximum atomic E-state index is 5.51. The van der Waals surface area contributed by atoms with Gasteiger partial charge in [-0.25, -0.2) is 0 Å². The minimum Gasteiger partial charge on any atom is -0.381 e. The number of nitrogens with zero attached hydrogens (tertiary/aromatic N) is 1. The molecule has 0 saturated carbocycles. The molecule has 0 aromatic carbocycles. The molecule has 2 heterocycles. The van der Waals surface area contributed by atoms with Crippen LogP contribution in [0.5, 0.6) is 0 Å². The highest BCUT2D eigenvalue weighted by molar-refractivity contribution is 4.75. The highest BCUT2D eigenvalue weighted by atomic mass is 16.5. The molecule has 3 nitrogen and oxygen atoms in total. The molecule has 0 radical (unpaired) electrons. The first-order chi connectivity index (χ1) is 7.34. The summed E-state index contributed by atoms with van der Waals surface area (Å²) in [6.07, 6.45) is 3.96. The maximum Gasteiger partial charge on any atom is 0.0506 e. The molecule has 2 saturated heterocycles. The predicted octanol–water partition coefficient (Wildman–Crippen LogP) is 0.954. The van der Waals surface area contributed by atoms with E-state index in [1.165, 1.54) is 45.4 Å². The molecule has 2 aliphatic rings. The van der Waals surface area contributed by atoms with Crippen LogP contribution in [0.3, 0.4) is 0 Å². The molecule has 0 bridgehead atoms. The second kappa shape index (κ2) is 5.83. The van der Waals surface area contributed by atoms with E-state index in [0.29, 0.717) is 0 Å². The van der Waals surface area contributed by atoms with E-state index in [4.69, 9.17) is 4.74 Å². The molecule has 0 spiro atoms. The molecule has 0 aromatic heterocycles. The number of ether oxygens (including phenoxy) is 1. The molecule has 0 aromatic rings. The molecule has 1 N–H and O–H groups in total. The van der Waals surface area contributed by atoms with Crippen molar-refractivity contribution in [2.45, 2.75) is 19.3 Å². The third kappa shape index (κ3) is 3.74. The molecular formula is C12H24N2O. The number of rotatable bonds is 4. The maximum absolute atomic E-state index is 5.51. The summed E-state index contributed by atoms with van der Waals surface area (Å²) in [4.78, 5) is 2.50. The molecule has 2 aliphatic heterocycles. The van der Waals surface area contributed by atoms with Crippen LogP contribution in [-0.2, 0) is 4.74 Å². The molecule has 2 unspecified atom stereocenters. The smallest absolute Gasteiger partial charge is 0.0506 e. The van der Waals surface area contributed by atoms with E-state index in [2.05, 4.69) is 17.3 Å². The van der Waals surface area contributed by atoms with Crippen molar-refractivity contribution >= 4 is 0 Å². The van der Waals surface area contributed by atoms with Crippen molar-refractivity contribution < 1.29 is 4.74 Å². The van der Waals surface area contributed by atoms with Crippen molar-refractivity contribution in [1.29, 1.82) is 0 Å². The van der Waals surface area contributed by atoms with Crippen LogP contribution in [-0.4, -0.2) is 51.3 Å². The lowest BCUT2D eigenvalue weighted by atomic mass is 10.0. The number of hydrogen-bond acceptors (Lipinski definition) is 3. The van der Waals surface area contributed by atoms with Gasteiger partial charge in [0.2, 0.25) is 0 Å². The lowest BCUT2D eigenvalue weighted by molar-refractivity contribution is 0.0405. The molecule has 15 heavy (non-hydrogen) atoms. The van der Waals surface area contributed by atoms with Gasteiger partial charge >= 0.3 is 0 Å². The zero-order valence-corrected chi connectivity index (χ0v) is 9.87. The lowest BCUT2D eigenvalue weighted by Gasteiger charge is -2.28. The van der Waals surface area contributed by atoms with Gasteiger partial charge in [-0.1, -0.05) is 0 Å². The third-order valence-electron chi connectivity index (χ3n) is 3.56. The second-order valence-electron chi connectivity index (χ2n) is 5.16. The van der Waals surface area contributed by atoms with Crippen LogP contribution in [0.15, 0.2) is 0 Å². The Balaban J connectivity index is 1.64. The van der Waals surface area contributed by atoms with Crippen LogP contribution >= 0.6 is 0 Å². The highest BCUT2D eigenvalue weighted by Gasteiger charge is 2.19. The largest absolute Gasteiger partial charge is 0.381 e. The van der Waals surface area contributed by atoms with Crippen molar-refractivity contribution in [1.82, 2.24) is 10.2 Å². The van der Waals surface area contributed by atoms with Crippen molar-refractivity contribution in [3.8, 4) is 0 Å². The first kappa shape index (κ1) is 11.4. The van der Waals surface area contributed by atoms with E-state index in [0.717, 1.165) is 25.0 Å². The fourth-order valence-electron chi connectivity index (χ4n) is 2.78. The first-order valence-electron chi connectivity index (χ1n) is 6.31. The topological polar surface area (TPSA) is 24.5 Å². The molecule has 3 heteroatoms. The minimum absolute atomic E-state index is 0.776. The van der Waals surface area contributed by atoms with Gasteiger partial charge < -0.3 is 15.0 Å². The van der Waals surface area contributed by atoms with Crippen LogP contribution < -0.4 is 5.32 Å². The average molecular weight is 212 g/mol. The highest BCUT2D eigenvalue weighted by Crippen LogP contribution is 2.16. The van der Waals surface area contributed by atoms with E-state index >= 15 is 0 Å². The SMILES string of the molecule is CN(CC1CCNC1)CC1CCCOC1. The fourth-order valence-corrected chi connectivity index (χ4v) is 2.78. The Labute approximate surface area is 93.2 Å². The van der Waals surface area contributed by atoms with Gasteiger partial charge in [-0.3, -0.25) is 0 Å². The average Bonchev–Trinajstić information content (AvgIpc) is 2.71. The number of nitrogens with one attached hydrogen (secondary N) is 1. The third-order valence-corrected chi connectivity index (χ3v) is 3.56. The molecular weight excluding hydrogens is 188 g/mol. The Hall–Kier alpha value is -0.120. The second-order valence-corrected chi connectivity index (χ2v) is 5.16. The molecule has 88 valence electrons. The molecule has 0 amide bonds. The standard InChI is InChI=1S/C12H24N2O/c1-14(8-11-4-5-13-7-11)9-12-3-2-6-15-10-12/h11-13H,2-10H2,1H3. The zero-order chi connectivity index (χ0) is 10.5. The van der Waals surface area contributed by atoms with E-state index < -0.39 is 0 Å². The normalized spacial score (nSPS) is 32.4. The summed E-state index contributed by atoms with van der Waals surface area (Å²) in [5.74, 6) is 1.65. The van der Waals surface area contributed by atoms with Gasteiger partial charge in [0.1, 0.15) is 0 Å². The molecule has 0 aliphatic carbocycles. The molecule has 2 fully saturated rings. The molecule has 2 atom stereocenters. The van der Waals surface area contributed by atoms with Gasteiger partial charge in [0.05, 0.1) is 6.61 Å². The Morgan fingerprint density at radius 3 is 2.80 bits per heavy atom. The van der Waals surface area contributed by atoms with Gasteiger partial charge in [-0.2, -0.15) is 0 Å². The fraction of sp³-hybridized carbons (Fsp3) is 1.00. The van der Waals surface area contributed by atoms with Crippen LogP contribution in [0.25, 0.3) is 0 Å². The Kier molecular flexibility index (Phi) is 4.42. The Morgan fingerprint density at radius 1 is 1.27 bits per heavy atom. The summed E-state index contributed by atoms with van der Waals surface area (Å²) in [6, 6.07) is 0. The van der Waals surface area contributed by atoms with Crippen molar-refractivity contribution in [2.24, 2.45) is 11.8 Å².